The lowest BCUT2D eigenvalue weighted by Gasteiger charge is -2.09. The van der Waals surface area contributed by atoms with Gasteiger partial charge in [0, 0.05) is 10.5 Å². The van der Waals surface area contributed by atoms with Crippen LogP contribution in [0.2, 0.25) is 5.02 Å². The van der Waals surface area contributed by atoms with Crippen molar-refractivity contribution in [3.05, 3.63) is 61.6 Å². The van der Waals surface area contributed by atoms with Crippen LogP contribution in [0.4, 0.5) is 5.69 Å². The third kappa shape index (κ3) is 3.50. The van der Waals surface area contributed by atoms with Gasteiger partial charge in [-0.25, -0.2) is 4.79 Å². The second-order valence-corrected chi connectivity index (χ2v) is 5.25. The Balaban J connectivity index is 2.48. The number of nitrogens with zero attached hydrogens (tertiary/aromatic N) is 1. The number of benzene rings is 2. The lowest BCUT2D eigenvalue weighted by molar-refractivity contribution is -0.385. The Bertz CT molecular complexity index is 734. The number of carbonyl (C=O) groups is 1. The number of nitro groups is 1. The van der Waals surface area contributed by atoms with Gasteiger partial charge in [-0.2, -0.15) is 0 Å². The highest BCUT2D eigenvalue weighted by Crippen LogP contribution is 2.38. The maximum absolute atomic E-state index is 11.0. The van der Waals surface area contributed by atoms with Gasteiger partial charge in [0.15, 0.2) is 0 Å². The molecule has 108 valence electrons. The number of rotatable bonds is 4. The van der Waals surface area contributed by atoms with Crippen LogP contribution in [0, 0.1) is 10.1 Å². The molecule has 0 atom stereocenters. The number of halogens is 2. The zero-order chi connectivity index (χ0) is 15.6. The molecule has 0 saturated heterocycles. The number of hydrogen-bond acceptors (Lipinski definition) is 4. The number of ether oxygens (including phenoxy) is 1. The average Bonchev–Trinajstić information content (AvgIpc) is 2.40. The van der Waals surface area contributed by atoms with Gasteiger partial charge in [0.25, 0.3) is 0 Å². The standard InChI is InChI=1S/C13H7BrClNO5/c14-8-4-7(13(17)18)5-9(6-8)21-12-10(15)2-1-3-11(12)16(19)20/h1-6H,(H,17,18). The monoisotopic (exact) mass is 371 g/mol. The van der Waals surface area contributed by atoms with Crippen LogP contribution in [0.5, 0.6) is 11.5 Å². The van der Waals surface area contributed by atoms with Crippen molar-refractivity contribution < 1.29 is 19.6 Å². The van der Waals surface area contributed by atoms with E-state index in [1.54, 1.807) is 0 Å². The van der Waals surface area contributed by atoms with E-state index < -0.39 is 10.9 Å². The first-order valence-corrected chi connectivity index (χ1v) is 6.70. The molecule has 0 heterocycles. The third-order valence-electron chi connectivity index (χ3n) is 2.48. The molecule has 0 aromatic heterocycles. The average molecular weight is 373 g/mol. The number of aromatic carboxylic acids is 1. The topological polar surface area (TPSA) is 89.7 Å². The smallest absolute Gasteiger partial charge is 0.335 e. The quantitative estimate of drug-likeness (QED) is 0.630. The Morgan fingerprint density at radius 3 is 2.67 bits per heavy atom. The first-order chi connectivity index (χ1) is 9.88. The van der Waals surface area contributed by atoms with Gasteiger partial charge in [-0.1, -0.05) is 33.6 Å². The number of hydrogen-bond donors (Lipinski definition) is 1. The van der Waals surface area contributed by atoms with Crippen molar-refractivity contribution >= 4 is 39.2 Å². The normalized spacial score (nSPS) is 10.2. The van der Waals surface area contributed by atoms with Gasteiger partial charge in [-0.15, -0.1) is 0 Å². The molecule has 0 spiro atoms. The minimum absolute atomic E-state index is 0.0194. The Morgan fingerprint density at radius 2 is 2.05 bits per heavy atom. The molecule has 0 bridgehead atoms. The summed E-state index contributed by atoms with van der Waals surface area (Å²) in [5.74, 6) is -1.16. The van der Waals surface area contributed by atoms with Gasteiger partial charge in [-0.3, -0.25) is 10.1 Å². The fourth-order valence-corrected chi connectivity index (χ4v) is 2.29. The fraction of sp³-hybridized carbons (Fsp3) is 0. The van der Waals surface area contributed by atoms with E-state index in [-0.39, 0.29) is 27.8 Å². The summed E-state index contributed by atoms with van der Waals surface area (Å²) in [7, 11) is 0. The highest BCUT2D eigenvalue weighted by molar-refractivity contribution is 9.10. The molecule has 2 aromatic rings. The third-order valence-corrected chi connectivity index (χ3v) is 3.24. The summed E-state index contributed by atoms with van der Waals surface area (Å²) < 4.78 is 5.87. The number of nitro benzene ring substituents is 1. The van der Waals surface area contributed by atoms with Crippen LogP contribution in [0.15, 0.2) is 40.9 Å². The predicted octanol–water partition coefficient (Wildman–Crippen LogP) is 4.50. The van der Waals surface area contributed by atoms with Crippen molar-refractivity contribution in [2.75, 3.05) is 0 Å². The van der Waals surface area contributed by atoms with Crippen molar-refractivity contribution in [3.8, 4) is 11.5 Å². The van der Waals surface area contributed by atoms with Crippen LogP contribution in [-0.2, 0) is 0 Å². The minimum Gasteiger partial charge on any atom is -0.478 e. The maximum Gasteiger partial charge on any atom is 0.335 e. The van der Waals surface area contributed by atoms with Crippen molar-refractivity contribution in [2.45, 2.75) is 0 Å². The van der Waals surface area contributed by atoms with Crippen molar-refractivity contribution in [3.63, 3.8) is 0 Å². The largest absolute Gasteiger partial charge is 0.478 e. The lowest BCUT2D eigenvalue weighted by atomic mass is 10.2. The molecule has 0 amide bonds. The molecular formula is C13H7BrClNO5. The van der Waals surface area contributed by atoms with Gasteiger partial charge in [0.2, 0.25) is 5.75 Å². The second kappa shape index (κ2) is 6.11. The van der Waals surface area contributed by atoms with E-state index >= 15 is 0 Å². The summed E-state index contributed by atoms with van der Waals surface area (Å²) in [4.78, 5) is 21.3. The molecule has 6 nitrogen and oxygen atoms in total. The van der Waals surface area contributed by atoms with E-state index in [1.807, 2.05) is 0 Å². The summed E-state index contributed by atoms with van der Waals surface area (Å²) in [5.41, 5.74) is -0.326. The zero-order valence-electron chi connectivity index (χ0n) is 10.2. The van der Waals surface area contributed by atoms with Gasteiger partial charge < -0.3 is 9.84 Å². The molecule has 21 heavy (non-hydrogen) atoms. The molecule has 0 aliphatic heterocycles. The summed E-state index contributed by atoms with van der Waals surface area (Å²) >= 11 is 9.06. The zero-order valence-corrected chi connectivity index (χ0v) is 12.6. The van der Waals surface area contributed by atoms with E-state index in [0.29, 0.717) is 4.47 Å². The molecule has 0 aliphatic rings. The SMILES string of the molecule is O=C(O)c1cc(Br)cc(Oc2c(Cl)cccc2[N+](=O)[O-])c1. The maximum atomic E-state index is 11.0. The molecule has 0 aliphatic carbocycles. The van der Waals surface area contributed by atoms with Crippen LogP contribution in [0.3, 0.4) is 0 Å². The molecule has 0 radical (unpaired) electrons. The van der Waals surface area contributed by atoms with E-state index in [9.17, 15) is 14.9 Å². The second-order valence-electron chi connectivity index (χ2n) is 3.93. The van der Waals surface area contributed by atoms with E-state index in [1.165, 1.54) is 36.4 Å². The molecule has 0 fully saturated rings. The Morgan fingerprint density at radius 1 is 1.33 bits per heavy atom. The van der Waals surface area contributed by atoms with Crippen molar-refractivity contribution in [2.24, 2.45) is 0 Å². The van der Waals surface area contributed by atoms with Gasteiger partial charge in [0.1, 0.15) is 5.75 Å². The van der Waals surface area contributed by atoms with Gasteiger partial charge in [-0.05, 0) is 24.3 Å². The summed E-state index contributed by atoms with van der Waals surface area (Å²) in [6.07, 6.45) is 0. The Hall–Kier alpha value is -2.12. The van der Waals surface area contributed by atoms with Crippen LogP contribution in [0.25, 0.3) is 0 Å². The van der Waals surface area contributed by atoms with Crippen LogP contribution in [-0.4, -0.2) is 16.0 Å². The van der Waals surface area contributed by atoms with Gasteiger partial charge in [0.05, 0.1) is 15.5 Å². The Labute approximate surface area is 132 Å². The molecule has 2 aromatic carbocycles. The minimum atomic E-state index is -1.14. The first kappa shape index (κ1) is 15.3. The van der Waals surface area contributed by atoms with E-state index in [2.05, 4.69) is 15.9 Å². The molecule has 2 rings (SSSR count). The number of carboxylic acid groups (broad SMARTS) is 1. The summed E-state index contributed by atoms with van der Waals surface area (Å²) in [6, 6.07) is 8.24. The van der Waals surface area contributed by atoms with E-state index in [4.69, 9.17) is 21.4 Å². The highest BCUT2D eigenvalue weighted by atomic mass is 79.9. The first-order valence-electron chi connectivity index (χ1n) is 5.53. The molecule has 1 N–H and O–H groups in total. The van der Waals surface area contributed by atoms with Crippen molar-refractivity contribution in [1.82, 2.24) is 0 Å². The molecule has 8 heteroatoms. The fourth-order valence-electron chi connectivity index (χ4n) is 1.61. The Kier molecular flexibility index (Phi) is 4.44. The summed E-state index contributed by atoms with van der Waals surface area (Å²) in [6.45, 7) is 0. The molecular weight excluding hydrogens is 366 g/mol. The number of carboxylic acids is 1. The highest BCUT2D eigenvalue weighted by Gasteiger charge is 2.19. The van der Waals surface area contributed by atoms with Crippen LogP contribution in [0.1, 0.15) is 10.4 Å². The summed E-state index contributed by atoms with van der Waals surface area (Å²) in [5, 5.41) is 20.0. The van der Waals surface area contributed by atoms with Crippen LogP contribution < -0.4 is 4.74 Å². The molecule has 0 saturated carbocycles. The number of para-hydroxylation sites is 1. The predicted molar refractivity (Wildman–Crippen MR) is 79.3 cm³/mol. The van der Waals surface area contributed by atoms with E-state index in [0.717, 1.165) is 0 Å². The van der Waals surface area contributed by atoms with Gasteiger partial charge >= 0.3 is 11.7 Å². The van der Waals surface area contributed by atoms with Crippen LogP contribution >= 0.6 is 27.5 Å². The lowest BCUT2D eigenvalue weighted by Crippen LogP contribution is -1.98. The molecule has 0 unspecified atom stereocenters. The van der Waals surface area contributed by atoms with Crippen molar-refractivity contribution in [1.29, 1.82) is 0 Å².